The van der Waals surface area contributed by atoms with E-state index in [0.29, 0.717) is 6.42 Å². The number of carbonyl (C=O) groups is 1. The number of H-pyrrole nitrogens is 1. The molecule has 0 saturated carbocycles. The molecule has 0 aliphatic carbocycles. The van der Waals surface area contributed by atoms with Crippen molar-refractivity contribution < 1.29 is 4.79 Å². The first-order valence-electron chi connectivity index (χ1n) is 7.43. The van der Waals surface area contributed by atoms with Crippen LogP contribution in [0.3, 0.4) is 0 Å². The molecule has 0 spiro atoms. The Balaban J connectivity index is 0.00000176. The highest BCUT2D eigenvalue weighted by Crippen LogP contribution is 2.19. The molecule has 1 aliphatic heterocycles. The van der Waals surface area contributed by atoms with Crippen molar-refractivity contribution >= 4 is 41.0 Å². The first-order valence-corrected chi connectivity index (χ1v) is 8.58. The van der Waals surface area contributed by atoms with Crippen molar-refractivity contribution in [2.45, 2.75) is 18.9 Å². The second-order valence-electron chi connectivity index (χ2n) is 5.46. The number of hydrogen-bond donors (Lipinski definition) is 2. The van der Waals surface area contributed by atoms with Gasteiger partial charge in [-0.3, -0.25) is 4.79 Å². The first kappa shape index (κ1) is 17.2. The van der Waals surface area contributed by atoms with Crippen molar-refractivity contribution in [1.29, 1.82) is 0 Å². The number of hydrogen-bond acceptors (Lipinski definition) is 3. The number of nitrogens with one attached hydrogen (secondary N) is 1. The van der Waals surface area contributed by atoms with Crippen molar-refractivity contribution in [2.24, 2.45) is 5.73 Å². The van der Waals surface area contributed by atoms with Gasteiger partial charge in [-0.1, -0.05) is 18.2 Å². The van der Waals surface area contributed by atoms with Gasteiger partial charge in [-0.25, -0.2) is 0 Å². The van der Waals surface area contributed by atoms with Gasteiger partial charge in [-0.15, -0.1) is 12.4 Å². The van der Waals surface area contributed by atoms with Gasteiger partial charge in [0, 0.05) is 35.9 Å². The Morgan fingerprint density at radius 3 is 3.00 bits per heavy atom. The Morgan fingerprint density at radius 2 is 2.14 bits per heavy atom. The molecule has 2 aromatic rings. The minimum absolute atomic E-state index is 0. The topological polar surface area (TPSA) is 62.1 Å². The fourth-order valence-electron chi connectivity index (χ4n) is 2.83. The van der Waals surface area contributed by atoms with Crippen LogP contribution >= 0.6 is 24.2 Å². The zero-order valence-electron chi connectivity index (χ0n) is 12.5. The van der Waals surface area contributed by atoms with E-state index < -0.39 is 6.04 Å². The van der Waals surface area contributed by atoms with Gasteiger partial charge in [0.2, 0.25) is 5.91 Å². The van der Waals surface area contributed by atoms with E-state index in [2.05, 4.69) is 11.1 Å². The molecule has 0 bridgehead atoms. The van der Waals surface area contributed by atoms with Crippen LogP contribution in [0.4, 0.5) is 0 Å². The number of aromatic nitrogens is 1. The van der Waals surface area contributed by atoms with Gasteiger partial charge in [-0.2, -0.15) is 11.8 Å². The Kier molecular flexibility index (Phi) is 6.17. The predicted molar refractivity (Wildman–Crippen MR) is 95.7 cm³/mol. The molecule has 22 heavy (non-hydrogen) atoms. The third kappa shape index (κ3) is 3.77. The van der Waals surface area contributed by atoms with Gasteiger partial charge in [0.1, 0.15) is 0 Å². The quantitative estimate of drug-likeness (QED) is 0.902. The number of amides is 1. The fraction of sp³-hybridized carbons (Fsp3) is 0.438. The predicted octanol–water partition coefficient (Wildman–Crippen LogP) is 2.43. The van der Waals surface area contributed by atoms with Crippen molar-refractivity contribution in [3.8, 4) is 0 Å². The van der Waals surface area contributed by atoms with Crippen LogP contribution < -0.4 is 5.73 Å². The minimum Gasteiger partial charge on any atom is -0.361 e. The van der Waals surface area contributed by atoms with Crippen molar-refractivity contribution in [1.82, 2.24) is 9.88 Å². The standard InChI is InChI=1S/C16H21N3OS.ClH/c17-14(16(20)19-6-3-8-21-9-7-19)10-12-11-18-15-5-2-1-4-13(12)15;/h1-2,4-5,11,14,18H,3,6-10,17H2;1H/t14-;/m0./s1. The molecule has 1 amide bonds. The molecular formula is C16H22ClN3OS. The van der Waals surface area contributed by atoms with Gasteiger partial charge in [-0.05, 0) is 30.2 Å². The van der Waals surface area contributed by atoms with Crippen LogP contribution in [0.1, 0.15) is 12.0 Å². The number of rotatable bonds is 3. The zero-order valence-corrected chi connectivity index (χ0v) is 14.1. The number of aromatic amines is 1. The maximum absolute atomic E-state index is 12.5. The van der Waals surface area contributed by atoms with Crippen LogP contribution in [0, 0.1) is 0 Å². The summed E-state index contributed by atoms with van der Waals surface area (Å²) < 4.78 is 0. The molecule has 2 heterocycles. The highest BCUT2D eigenvalue weighted by molar-refractivity contribution is 7.99. The molecule has 6 heteroatoms. The molecule has 1 fully saturated rings. The molecule has 1 aliphatic rings. The fourth-order valence-corrected chi connectivity index (χ4v) is 3.71. The number of carbonyl (C=O) groups excluding carboxylic acids is 1. The van der Waals surface area contributed by atoms with Crippen molar-refractivity contribution in [2.75, 3.05) is 24.6 Å². The lowest BCUT2D eigenvalue weighted by atomic mass is 10.0. The number of nitrogens with zero attached hydrogens (tertiary/aromatic N) is 1. The zero-order chi connectivity index (χ0) is 14.7. The Labute approximate surface area is 141 Å². The van der Waals surface area contributed by atoms with E-state index in [9.17, 15) is 4.79 Å². The summed E-state index contributed by atoms with van der Waals surface area (Å²) in [5, 5.41) is 1.16. The number of para-hydroxylation sites is 1. The van der Waals surface area contributed by atoms with Gasteiger partial charge in [0.05, 0.1) is 6.04 Å². The van der Waals surface area contributed by atoms with Crippen LogP contribution in [-0.4, -0.2) is 46.4 Å². The van der Waals surface area contributed by atoms with E-state index in [1.165, 1.54) is 0 Å². The van der Waals surface area contributed by atoms with Crippen LogP contribution in [-0.2, 0) is 11.2 Å². The van der Waals surface area contributed by atoms with E-state index in [4.69, 9.17) is 5.73 Å². The molecule has 120 valence electrons. The molecule has 1 aromatic carbocycles. The monoisotopic (exact) mass is 339 g/mol. The third-order valence-corrected chi connectivity index (χ3v) is 5.01. The van der Waals surface area contributed by atoms with Gasteiger partial charge < -0.3 is 15.6 Å². The summed E-state index contributed by atoms with van der Waals surface area (Å²) in [7, 11) is 0. The summed E-state index contributed by atoms with van der Waals surface area (Å²) in [6.07, 6.45) is 3.62. The highest BCUT2D eigenvalue weighted by Gasteiger charge is 2.22. The third-order valence-electron chi connectivity index (χ3n) is 3.97. The van der Waals surface area contributed by atoms with E-state index >= 15 is 0 Å². The lowest BCUT2D eigenvalue weighted by Crippen LogP contribution is -2.45. The average molecular weight is 340 g/mol. The summed E-state index contributed by atoms with van der Waals surface area (Å²) in [5.41, 5.74) is 8.39. The van der Waals surface area contributed by atoms with E-state index in [-0.39, 0.29) is 18.3 Å². The number of fused-ring (bicyclic) bond motifs is 1. The average Bonchev–Trinajstić information content (AvgIpc) is 2.74. The number of thioether (sulfide) groups is 1. The molecule has 1 aromatic heterocycles. The Morgan fingerprint density at radius 1 is 1.32 bits per heavy atom. The maximum Gasteiger partial charge on any atom is 0.239 e. The molecule has 0 unspecified atom stereocenters. The molecule has 3 rings (SSSR count). The molecular weight excluding hydrogens is 318 g/mol. The van der Waals surface area contributed by atoms with Gasteiger partial charge in [0.15, 0.2) is 0 Å². The van der Waals surface area contributed by atoms with Crippen LogP contribution in [0.5, 0.6) is 0 Å². The summed E-state index contributed by atoms with van der Waals surface area (Å²) in [6.45, 7) is 1.67. The van der Waals surface area contributed by atoms with Crippen LogP contribution in [0.15, 0.2) is 30.5 Å². The smallest absolute Gasteiger partial charge is 0.239 e. The van der Waals surface area contributed by atoms with Crippen molar-refractivity contribution in [3.63, 3.8) is 0 Å². The first-order chi connectivity index (χ1) is 10.3. The summed E-state index contributed by atoms with van der Waals surface area (Å²) in [6, 6.07) is 7.67. The highest BCUT2D eigenvalue weighted by atomic mass is 35.5. The number of nitrogens with two attached hydrogens (primary N) is 1. The van der Waals surface area contributed by atoms with E-state index in [0.717, 1.165) is 47.5 Å². The molecule has 1 atom stereocenters. The van der Waals surface area contributed by atoms with E-state index in [1.54, 1.807) is 0 Å². The maximum atomic E-state index is 12.5. The summed E-state index contributed by atoms with van der Waals surface area (Å²) >= 11 is 1.92. The van der Waals surface area contributed by atoms with Gasteiger partial charge in [0.25, 0.3) is 0 Å². The molecule has 1 saturated heterocycles. The van der Waals surface area contributed by atoms with Crippen LogP contribution in [0.2, 0.25) is 0 Å². The lowest BCUT2D eigenvalue weighted by Gasteiger charge is -2.23. The largest absolute Gasteiger partial charge is 0.361 e. The lowest BCUT2D eigenvalue weighted by molar-refractivity contribution is -0.132. The van der Waals surface area contributed by atoms with Gasteiger partial charge >= 0.3 is 0 Å². The number of halogens is 1. The second kappa shape index (κ2) is 7.90. The minimum atomic E-state index is -0.452. The summed E-state index contributed by atoms with van der Waals surface area (Å²) in [4.78, 5) is 17.7. The summed E-state index contributed by atoms with van der Waals surface area (Å²) in [5.74, 6) is 2.25. The van der Waals surface area contributed by atoms with Crippen molar-refractivity contribution in [3.05, 3.63) is 36.0 Å². The Hall–Kier alpha value is -1.17. The molecule has 0 radical (unpaired) electrons. The second-order valence-corrected chi connectivity index (χ2v) is 6.69. The molecule has 4 nitrogen and oxygen atoms in total. The number of benzene rings is 1. The SMILES string of the molecule is Cl.N[C@@H](Cc1c[nH]c2ccccc12)C(=O)N1CCCSCC1. The Bertz CT molecular complexity index is 623. The normalized spacial score (nSPS) is 16.9. The van der Waals surface area contributed by atoms with Crippen LogP contribution in [0.25, 0.3) is 10.9 Å². The molecule has 3 N–H and O–H groups in total. The van der Waals surface area contributed by atoms with E-state index in [1.807, 2.05) is 41.1 Å².